The SMILES string of the molecule is CCOc1ccccc1N(CC(=O)Nc1cccnc1)S(=O)(=O)c1ccc(Cl)cc1. The molecule has 3 aromatic rings. The third-order valence-corrected chi connectivity index (χ3v) is 6.09. The van der Waals surface area contributed by atoms with Crippen LogP contribution in [0.15, 0.2) is 78.0 Å². The molecule has 0 aliphatic carbocycles. The van der Waals surface area contributed by atoms with E-state index < -0.39 is 22.5 Å². The lowest BCUT2D eigenvalue weighted by Crippen LogP contribution is -2.38. The van der Waals surface area contributed by atoms with Gasteiger partial charge in [0.2, 0.25) is 5.91 Å². The van der Waals surface area contributed by atoms with Gasteiger partial charge >= 0.3 is 0 Å². The Kier molecular flexibility index (Phi) is 6.91. The first-order chi connectivity index (χ1) is 14.4. The predicted octanol–water partition coefficient (Wildman–Crippen LogP) is 3.97. The van der Waals surface area contributed by atoms with Crippen LogP contribution in [0.25, 0.3) is 0 Å². The fourth-order valence-electron chi connectivity index (χ4n) is 2.74. The number of carbonyl (C=O) groups is 1. The molecular formula is C21H20ClN3O4S. The maximum absolute atomic E-state index is 13.4. The molecule has 0 atom stereocenters. The van der Waals surface area contributed by atoms with E-state index in [1.165, 1.54) is 30.5 Å². The van der Waals surface area contributed by atoms with Gasteiger partial charge in [0.15, 0.2) is 0 Å². The molecule has 7 nitrogen and oxygen atoms in total. The molecule has 1 amide bonds. The van der Waals surface area contributed by atoms with Crippen LogP contribution in [0.5, 0.6) is 5.75 Å². The Morgan fingerprint density at radius 1 is 1.10 bits per heavy atom. The van der Waals surface area contributed by atoms with E-state index in [0.717, 1.165) is 4.31 Å². The molecule has 3 rings (SSSR count). The van der Waals surface area contributed by atoms with E-state index in [-0.39, 0.29) is 10.6 Å². The van der Waals surface area contributed by atoms with Gasteiger partial charge < -0.3 is 10.1 Å². The van der Waals surface area contributed by atoms with E-state index in [9.17, 15) is 13.2 Å². The summed E-state index contributed by atoms with van der Waals surface area (Å²) in [6, 6.07) is 15.8. The number of halogens is 1. The molecule has 0 aliphatic rings. The number of anilines is 2. The van der Waals surface area contributed by atoms with Crippen molar-refractivity contribution in [2.45, 2.75) is 11.8 Å². The molecule has 0 saturated heterocycles. The minimum Gasteiger partial charge on any atom is -0.492 e. The molecule has 0 spiro atoms. The number of carbonyl (C=O) groups excluding carboxylic acids is 1. The fraction of sp³-hybridized carbons (Fsp3) is 0.143. The van der Waals surface area contributed by atoms with Crippen molar-refractivity contribution >= 4 is 38.9 Å². The summed E-state index contributed by atoms with van der Waals surface area (Å²) >= 11 is 5.90. The first-order valence-corrected chi connectivity index (χ1v) is 10.9. The first-order valence-electron chi connectivity index (χ1n) is 9.12. The highest BCUT2D eigenvalue weighted by Gasteiger charge is 2.29. The zero-order valence-electron chi connectivity index (χ0n) is 16.2. The number of ether oxygens (including phenoxy) is 1. The van der Waals surface area contributed by atoms with Crippen molar-refractivity contribution in [1.29, 1.82) is 0 Å². The number of amides is 1. The molecular weight excluding hydrogens is 426 g/mol. The number of benzene rings is 2. The third-order valence-electron chi connectivity index (χ3n) is 4.07. The molecule has 9 heteroatoms. The summed E-state index contributed by atoms with van der Waals surface area (Å²) in [6.45, 7) is 1.68. The highest BCUT2D eigenvalue weighted by Crippen LogP contribution is 2.32. The maximum Gasteiger partial charge on any atom is 0.264 e. The molecule has 0 aliphatic heterocycles. The van der Waals surface area contributed by atoms with Gasteiger partial charge in [-0.1, -0.05) is 23.7 Å². The minimum absolute atomic E-state index is 0.00683. The van der Waals surface area contributed by atoms with E-state index in [0.29, 0.717) is 23.1 Å². The Morgan fingerprint density at radius 3 is 2.50 bits per heavy atom. The van der Waals surface area contributed by atoms with Crippen LogP contribution < -0.4 is 14.4 Å². The van der Waals surface area contributed by atoms with Crippen molar-refractivity contribution in [2.75, 3.05) is 22.8 Å². The molecule has 0 unspecified atom stereocenters. The number of aromatic nitrogens is 1. The lowest BCUT2D eigenvalue weighted by atomic mass is 10.3. The number of pyridine rings is 1. The van der Waals surface area contributed by atoms with Crippen molar-refractivity contribution in [2.24, 2.45) is 0 Å². The van der Waals surface area contributed by atoms with Crippen LogP contribution in [-0.2, 0) is 14.8 Å². The van der Waals surface area contributed by atoms with Crippen LogP contribution in [-0.4, -0.2) is 32.5 Å². The largest absolute Gasteiger partial charge is 0.492 e. The molecule has 1 aromatic heterocycles. The van der Waals surface area contributed by atoms with Crippen molar-refractivity contribution in [3.05, 3.63) is 78.1 Å². The molecule has 30 heavy (non-hydrogen) atoms. The van der Waals surface area contributed by atoms with Gasteiger partial charge in [-0.05, 0) is 55.5 Å². The highest BCUT2D eigenvalue weighted by atomic mass is 35.5. The van der Waals surface area contributed by atoms with Crippen LogP contribution >= 0.6 is 11.6 Å². The van der Waals surface area contributed by atoms with E-state index in [1.54, 1.807) is 49.5 Å². The van der Waals surface area contributed by atoms with Gasteiger partial charge in [-0.15, -0.1) is 0 Å². The second kappa shape index (κ2) is 9.60. The first kappa shape index (κ1) is 21.6. The summed E-state index contributed by atoms with van der Waals surface area (Å²) in [5, 5.41) is 3.06. The molecule has 0 radical (unpaired) electrons. The number of para-hydroxylation sites is 2. The molecule has 1 heterocycles. The van der Waals surface area contributed by atoms with E-state index >= 15 is 0 Å². The Bertz CT molecular complexity index is 1110. The van der Waals surface area contributed by atoms with Gasteiger partial charge in [-0.3, -0.25) is 14.1 Å². The smallest absolute Gasteiger partial charge is 0.264 e. The number of hydrogen-bond donors (Lipinski definition) is 1. The molecule has 156 valence electrons. The monoisotopic (exact) mass is 445 g/mol. The lowest BCUT2D eigenvalue weighted by Gasteiger charge is -2.26. The van der Waals surface area contributed by atoms with Gasteiger partial charge in [0.05, 0.1) is 29.1 Å². The predicted molar refractivity (Wildman–Crippen MR) is 116 cm³/mol. The fourth-order valence-corrected chi connectivity index (χ4v) is 4.30. The Labute approximate surface area is 180 Å². The van der Waals surface area contributed by atoms with Crippen LogP contribution in [0, 0.1) is 0 Å². The number of sulfonamides is 1. The second-order valence-corrected chi connectivity index (χ2v) is 8.45. The third kappa shape index (κ3) is 5.08. The summed E-state index contributed by atoms with van der Waals surface area (Å²) in [7, 11) is -4.08. The number of nitrogens with zero attached hydrogens (tertiary/aromatic N) is 2. The average molecular weight is 446 g/mol. The molecule has 2 aromatic carbocycles. The molecule has 1 N–H and O–H groups in total. The highest BCUT2D eigenvalue weighted by molar-refractivity contribution is 7.92. The topological polar surface area (TPSA) is 88.6 Å². The number of hydrogen-bond acceptors (Lipinski definition) is 5. The van der Waals surface area contributed by atoms with Crippen LogP contribution in [0.4, 0.5) is 11.4 Å². The van der Waals surface area contributed by atoms with E-state index in [4.69, 9.17) is 16.3 Å². The molecule has 0 fully saturated rings. The Hall–Kier alpha value is -3.10. The summed E-state index contributed by atoms with van der Waals surface area (Å²) in [4.78, 5) is 16.6. The Morgan fingerprint density at radius 2 is 1.83 bits per heavy atom. The quantitative estimate of drug-likeness (QED) is 0.566. The second-order valence-electron chi connectivity index (χ2n) is 6.16. The van der Waals surface area contributed by atoms with Crippen molar-refractivity contribution in [3.63, 3.8) is 0 Å². The van der Waals surface area contributed by atoms with Gasteiger partial charge in [0.25, 0.3) is 10.0 Å². The van der Waals surface area contributed by atoms with E-state index in [2.05, 4.69) is 10.3 Å². The summed E-state index contributed by atoms with van der Waals surface area (Å²) in [6.07, 6.45) is 3.05. The van der Waals surface area contributed by atoms with E-state index in [1.807, 2.05) is 0 Å². The lowest BCUT2D eigenvalue weighted by molar-refractivity contribution is -0.114. The van der Waals surface area contributed by atoms with Crippen LogP contribution in [0.3, 0.4) is 0 Å². The van der Waals surface area contributed by atoms with Crippen molar-refractivity contribution in [3.8, 4) is 5.75 Å². The Balaban J connectivity index is 2.00. The van der Waals surface area contributed by atoms with Crippen molar-refractivity contribution < 1.29 is 17.9 Å². The zero-order chi connectivity index (χ0) is 21.6. The summed E-state index contributed by atoms with van der Waals surface area (Å²) < 4.78 is 33.5. The van der Waals surface area contributed by atoms with Crippen LogP contribution in [0.2, 0.25) is 5.02 Å². The summed E-state index contributed by atoms with van der Waals surface area (Å²) in [5.41, 5.74) is 0.722. The van der Waals surface area contributed by atoms with Crippen LogP contribution in [0.1, 0.15) is 6.92 Å². The maximum atomic E-state index is 13.4. The molecule has 0 saturated carbocycles. The number of rotatable bonds is 8. The van der Waals surface area contributed by atoms with Gasteiger partial charge in [0.1, 0.15) is 12.3 Å². The summed E-state index contributed by atoms with van der Waals surface area (Å²) in [5.74, 6) is -0.168. The minimum atomic E-state index is -4.08. The molecule has 0 bridgehead atoms. The number of nitrogens with one attached hydrogen (secondary N) is 1. The van der Waals surface area contributed by atoms with Crippen molar-refractivity contribution in [1.82, 2.24) is 4.98 Å². The standard InChI is InChI=1S/C21H20ClN3O4S/c1-2-29-20-8-4-3-7-19(20)25(15-21(26)24-17-6-5-13-23-14-17)30(27,28)18-11-9-16(22)10-12-18/h3-14H,2,15H2,1H3,(H,24,26). The van der Waals surface area contributed by atoms with Gasteiger partial charge in [-0.25, -0.2) is 8.42 Å². The van der Waals surface area contributed by atoms with Gasteiger partial charge in [0, 0.05) is 11.2 Å². The zero-order valence-corrected chi connectivity index (χ0v) is 17.7. The average Bonchev–Trinajstić information content (AvgIpc) is 2.74. The van der Waals surface area contributed by atoms with Gasteiger partial charge in [-0.2, -0.15) is 0 Å². The normalized spacial score (nSPS) is 11.0.